The Morgan fingerprint density at radius 1 is 1.00 bits per heavy atom. The molecule has 0 saturated heterocycles. The molecule has 0 spiro atoms. The van der Waals surface area contributed by atoms with Crippen molar-refractivity contribution in [2.75, 3.05) is 0 Å². The molecule has 108 valence electrons. The monoisotopic (exact) mass is 272 g/mol. The first-order valence-corrected chi connectivity index (χ1v) is 7.25. The van der Waals surface area contributed by atoms with Gasteiger partial charge in [-0.2, -0.15) is 0 Å². The summed E-state index contributed by atoms with van der Waals surface area (Å²) in [4.78, 5) is 12.7. The quantitative estimate of drug-likeness (QED) is 0.900. The Labute approximate surface area is 120 Å². The highest BCUT2D eigenvalue weighted by Gasteiger charge is 2.19. The number of benzene rings is 1. The normalized spacial score (nSPS) is 11.6. The molecule has 0 aliphatic heterocycles. The molecule has 1 aromatic carbocycles. The molecule has 0 bridgehead atoms. The van der Waals surface area contributed by atoms with E-state index in [1.54, 1.807) is 4.68 Å². The Hall–Kier alpha value is -1.77. The minimum Gasteiger partial charge on any atom is -0.294 e. The fourth-order valence-electron chi connectivity index (χ4n) is 2.51. The van der Waals surface area contributed by atoms with E-state index in [0.717, 1.165) is 16.9 Å². The molecule has 0 saturated carbocycles. The largest absolute Gasteiger partial charge is 0.294 e. The van der Waals surface area contributed by atoms with E-state index >= 15 is 0 Å². The first kappa shape index (κ1) is 14.6. The lowest BCUT2D eigenvalue weighted by molar-refractivity contribution is 0.747. The Kier molecular flexibility index (Phi) is 3.89. The van der Waals surface area contributed by atoms with Crippen LogP contribution in [-0.2, 0) is 0 Å². The molecular weight excluding hydrogens is 248 g/mol. The van der Waals surface area contributed by atoms with Crippen LogP contribution < -0.4 is 5.56 Å². The average Bonchev–Trinajstić information content (AvgIpc) is 2.71. The van der Waals surface area contributed by atoms with Crippen LogP contribution in [0.4, 0.5) is 0 Å². The van der Waals surface area contributed by atoms with E-state index in [1.165, 1.54) is 11.1 Å². The molecule has 2 rings (SSSR count). The summed E-state index contributed by atoms with van der Waals surface area (Å²) >= 11 is 0. The molecule has 0 aliphatic carbocycles. The maximum absolute atomic E-state index is 12.7. The molecule has 1 heterocycles. The van der Waals surface area contributed by atoms with Crippen LogP contribution in [0, 0.1) is 13.8 Å². The van der Waals surface area contributed by atoms with E-state index in [0.29, 0.717) is 5.92 Å². The number of aromatic nitrogens is 2. The Morgan fingerprint density at radius 3 is 2.10 bits per heavy atom. The van der Waals surface area contributed by atoms with Gasteiger partial charge in [-0.3, -0.25) is 9.89 Å². The molecular formula is C17H24N2O. The van der Waals surface area contributed by atoms with Crippen molar-refractivity contribution in [3.8, 4) is 5.69 Å². The van der Waals surface area contributed by atoms with Gasteiger partial charge in [0.1, 0.15) is 0 Å². The van der Waals surface area contributed by atoms with Gasteiger partial charge in [-0.15, -0.1) is 0 Å². The lowest BCUT2D eigenvalue weighted by Gasteiger charge is -2.07. The number of nitrogens with zero attached hydrogens (tertiary/aromatic N) is 1. The van der Waals surface area contributed by atoms with Crippen LogP contribution in [-0.4, -0.2) is 9.78 Å². The summed E-state index contributed by atoms with van der Waals surface area (Å²) in [5, 5.41) is 3.30. The molecule has 0 aliphatic rings. The Morgan fingerprint density at radius 2 is 1.65 bits per heavy atom. The highest BCUT2D eigenvalue weighted by Crippen LogP contribution is 2.23. The zero-order valence-electron chi connectivity index (χ0n) is 13.2. The van der Waals surface area contributed by atoms with Crippen LogP contribution in [0.1, 0.15) is 61.9 Å². The standard InChI is InChI=1S/C17H24N2O/c1-10(2)15-16(11(3)4)18-19(17(15)20)14-8-7-12(5)13(6)9-14/h7-11,18H,1-6H3. The molecule has 0 atom stereocenters. The van der Waals surface area contributed by atoms with E-state index in [1.807, 2.05) is 6.07 Å². The summed E-state index contributed by atoms with van der Waals surface area (Å²) in [7, 11) is 0. The lowest BCUT2D eigenvalue weighted by Crippen LogP contribution is -2.18. The number of nitrogens with one attached hydrogen (secondary N) is 1. The predicted octanol–water partition coefficient (Wildman–Crippen LogP) is 4.03. The summed E-state index contributed by atoms with van der Waals surface area (Å²) in [6.45, 7) is 12.5. The molecule has 2 aromatic rings. The van der Waals surface area contributed by atoms with Gasteiger partial charge < -0.3 is 0 Å². The topological polar surface area (TPSA) is 37.8 Å². The van der Waals surface area contributed by atoms with E-state index in [9.17, 15) is 4.79 Å². The molecule has 0 amide bonds. The third-order valence-electron chi connectivity index (χ3n) is 3.86. The predicted molar refractivity (Wildman–Crippen MR) is 84.0 cm³/mol. The van der Waals surface area contributed by atoms with Crippen molar-refractivity contribution in [2.45, 2.75) is 53.4 Å². The zero-order chi connectivity index (χ0) is 15.0. The van der Waals surface area contributed by atoms with Crippen LogP contribution in [0.2, 0.25) is 0 Å². The van der Waals surface area contributed by atoms with Gasteiger partial charge in [0.15, 0.2) is 0 Å². The summed E-state index contributed by atoms with van der Waals surface area (Å²) < 4.78 is 1.68. The van der Waals surface area contributed by atoms with Crippen molar-refractivity contribution >= 4 is 0 Å². The summed E-state index contributed by atoms with van der Waals surface area (Å²) in [5.74, 6) is 0.539. The van der Waals surface area contributed by atoms with E-state index < -0.39 is 0 Å². The minimum absolute atomic E-state index is 0.0759. The van der Waals surface area contributed by atoms with Crippen molar-refractivity contribution in [3.63, 3.8) is 0 Å². The second-order valence-corrected chi connectivity index (χ2v) is 6.16. The molecule has 1 N–H and O–H groups in total. The number of aryl methyl sites for hydroxylation is 2. The summed E-state index contributed by atoms with van der Waals surface area (Å²) in [6.07, 6.45) is 0. The van der Waals surface area contributed by atoms with E-state index in [-0.39, 0.29) is 11.5 Å². The second-order valence-electron chi connectivity index (χ2n) is 6.16. The van der Waals surface area contributed by atoms with Gasteiger partial charge in [0.25, 0.3) is 5.56 Å². The SMILES string of the molecule is Cc1ccc(-n2[nH]c(C(C)C)c(C(C)C)c2=O)cc1C. The maximum atomic E-state index is 12.7. The third kappa shape index (κ3) is 2.45. The summed E-state index contributed by atoms with van der Waals surface area (Å²) in [5.41, 5.74) is 5.36. The molecule has 0 unspecified atom stereocenters. The molecule has 3 heteroatoms. The van der Waals surface area contributed by atoms with Crippen molar-refractivity contribution in [1.82, 2.24) is 9.78 Å². The summed E-state index contributed by atoms with van der Waals surface area (Å²) in [6, 6.07) is 6.11. The van der Waals surface area contributed by atoms with Gasteiger partial charge in [-0.1, -0.05) is 33.8 Å². The molecule has 0 fully saturated rings. The minimum atomic E-state index is 0.0759. The Bertz CT molecular complexity index is 675. The fourth-order valence-corrected chi connectivity index (χ4v) is 2.51. The van der Waals surface area contributed by atoms with Gasteiger partial charge in [0.05, 0.1) is 5.69 Å². The maximum Gasteiger partial charge on any atom is 0.274 e. The third-order valence-corrected chi connectivity index (χ3v) is 3.86. The zero-order valence-corrected chi connectivity index (χ0v) is 13.2. The number of hydrogen-bond acceptors (Lipinski definition) is 1. The highest BCUT2D eigenvalue weighted by atomic mass is 16.1. The van der Waals surface area contributed by atoms with Crippen LogP contribution in [0.5, 0.6) is 0 Å². The highest BCUT2D eigenvalue weighted by molar-refractivity contribution is 5.40. The number of aromatic amines is 1. The van der Waals surface area contributed by atoms with Crippen molar-refractivity contribution < 1.29 is 0 Å². The van der Waals surface area contributed by atoms with Crippen molar-refractivity contribution in [3.05, 3.63) is 50.9 Å². The van der Waals surface area contributed by atoms with Gasteiger partial charge in [-0.25, -0.2) is 4.68 Å². The first-order chi connectivity index (χ1) is 9.32. The Balaban J connectivity index is 2.66. The van der Waals surface area contributed by atoms with Gasteiger partial charge >= 0.3 is 0 Å². The van der Waals surface area contributed by atoms with Gasteiger partial charge in [0, 0.05) is 11.3 Å². The van der Waals surface area contributed by atoms with E-state index in [2.05, 4.69) is 58.8 Å². The second kappa shape index (κ2) is 5.31. The smallest absolute Gasteiger partial charge is 0.274 e. The average molecular weight is 272 g/mol. The first-order valence-electron chi connectivity index (χ1n) is 7.25. The molecule has 1 aromatic heterocycles. The van der Waals surface area contributed by atoms with Crippen LogP contribution in [0.25, 0.3) is 5.69 Å². The van der Waals surface area contributed by atoms with Crippen molar-refractivity contribution in [1.29, 1.82) is 0 Å². The molecule has 3 nitrogen and oxygen atoms in total. The van der Waals surface area contributed by atoms with Gasteiger partial charge in [-0.05, 0) is 48.9 Å². The van der Waals surface area contributed by atoms with Crippen molar-refractivity contribution in [2.24, 2.45) is 0 Å². The number of H-pyrrole nitrogens is 1. The molecule has 0 radical (unpaired) electrons. The number of rotatable bonds is 3. The molecule has 20 heavy (non-hydrogen) atoms. The van der Waals surface area contributed by atoms with Crippen LogP contribution in [0.3, 0.4) is 0 Å². The van der Waals surface area contributed by atoms with E-state index in [4.69, 9.17) is 0 Å². The van der Waals surface area contributed by atoms with Crippen LogP contribution in [0.15, 0.2) is 23.0 Å². The number of hydrogen-bond donors (Lipinski definition) is 1. The van der Waals surface area contributed by atoms with Crippen LogP contribution >= 0.6 is 0 Å². The lowest BCUT2D eigenvalue weighted by atomic mass is 9.98. The van der Waals surface area contributed by atoms with Gasteiger partial charge in [0.2, 0.25) is 0 Å². The fraction of sp³-hybridized carbons (Fsp3) is 0.471.